The topological polar surface area (TPSA) is 120 Å². The van der Waals surface area contributed by atoms with E-state index in [1.165, 1.54) is 6.07 Å². The molecule has 2 fully saturated rings. The fraction of sp³-hybridized carbons (Fsp3) is 0.531. The van der Waals surface area contributed by atoms with Crippen LogP contribution in [0, 0.1) is 46.9 Å². The van der Waals surface area contributed by atoms with Crippen LogP contribution in [0.15, 0.2) is 18.3 Å². The number of carbonyl (C=O) groups is 2. The van der Waals surface area contributed by atoms with E-state index < -0.39 is 25.2 Å². The lowest BCUT2D eigenvalue weighted by atomic mass is 10.0. The Labute approximate surface area is 254 Å². The van der Waals surface area contributed by atoms with Crippen LogP contribution in [0.4, 0.5) is 15.0 Å². The van der Waals surface area contributed by atoms with E-state index in [1.54, 1.807) is 13.1 Å². The number of nitrogens with zero attached hydrogens (tertiary/aromatic N) is 4. The third-order valence-corrected chi connectivity index (χ3v) is 8.25. The Morgan fingerprint density at radius 3 is 2.58 bits per heavy atom. The van der Waals surface area contributed by atoms with Gasteiger partial charge in [0.05, 0.1) is 6.07 Å². The predicted molar refractivity (Wildman–Crippen MR) is 166 cm³/mol. The van der Waals surface area contributed by atoms with E-state index in [4.69, 9.17) is 9.72 Å². The molecule has 0 spiro atoms. The number of aromatic nitrogens is 2. The number of amides is 2. The fourth-order valence-electron chi connectivity index (χ4n) is 4.72. The summed E-state index contributed by atoms with van der Waals surface area (Å²) in [6.07, 6.45) is 3.12. The van der Waals surface area contributed by atoms with Gasteiger partial charge in [-0.1, -0.05) is 25.6 Å². The Morgan fingerprint density at radius 1 is 1.23 bits per heavy atom. The minimum atomic E-state index is -1.68. The summed E-state index contributed by atoms with van der Waals surface area (Å²) in [4.78, 5) is 36.4. The first-order valence-electron chi connectivity index (χ1n) is 14.7. The first-order chi connectivity index (χ1) is 20.1. The fourth-order valence-corrected chi connectivity index (χ4v) is 5.23. The molecule has 2 N–H and O–H groups in total. The number of alkyl carbamates (subject to hydrolysis) is 1. The highest BCUT2D eigenvalue weighted by Crippen LogP contribution is 2.45. The number of hydrogen-bond donors (Lipinski definition) is 2. The van der Waals surface area contributed by atoms with Gasteiger partial charge in [0.25, 0.3) is 0 Å². The van der Waals surface area contributed by atoms with Gasteiger partial charge in [-0.3, -0.25) is 4.79 Å². The van der Waals surface area contributed by atoms with E-state index in [9.17, 15) is 14.9 Å². The molecule has 2 aromatic rings. The second-order valence-corrected chi connectivity index (χ2v) is 18.3. The highest BCUT2D eigenvalue weighted by atomic mass is 28.3. The smallest absolute Gasteiger partial charge is 0.407 e. The van der Waals surface area contributed by atoms with Crippen molar-refractivity contribution in [2.24, 2.45) is 11.3 Å². The van der Waals surface area contributed by atoms with E-state index in [-0.39, 0.29) is 24.2 Å². The maximum Gasteiger partial charge on any atom is 0.407 e. The summed E-state index contributed by atoms with van der Waals surface area (Å²) in [5, 5.41) is 15.2. The van der Waals surface area contributed by atoms with Crippen molar-refractivity contribution in [3.63, 3.8) is 0 Å². The Bertz CT molecular complexity index is 1510. The minimum Gasteiger partial charge on any atom is -0.444 e. The van der Waals surface area contributed by atoms with Crippen LogP contribution in [0.1, 0.15) is 56.7 Å². The van der Waals surface area contributed by atoms with Gasteiger partial charge in [-0.15, -0.1) is 5.54 Å². The lowest BCUT2D eigenvalue weighted by Gasteiger charge is -2.23. The van der Waals surface area contributed by atoms with Crippen LogP contribution in [0.3, 0.4) is 0 Å². The molecule has 1 aliphatic heterocycles. The van der Waals surface area contributed by atoms with Gasteiger partial charge in [-0.25, -0.2) is 19.2 Å². The van der Waals surface area contributed by atoms with Gasteiger partial charge in [-0.05, 0) is 65.0 Å². The molecule has 43 heavy (non-hydrogen) atoms. The van der Waals surface area contributed by atoms with Crippen molar-refractivity contribution in [2.75, 3.05) is 24.5 Å². The molecule has 1 aromatic heterocycles. The maximum atomic E-state index is 15.1. The van der Waals surface area contributed by atoms with E-state index in [0.717, 1.165) is 6.42 Å². The number of halogens is 1. The molecule has 0 radical (unpaired) electrons. The molecule has 1 unspecified atom stereocenters. The third-order valence-electron chi connectivity index (χ3n) is 7.37. The number of anilines is 1. The summed E-state index contributed by atoms with van der Waals surface area (Å²) < 4.78 is 20.4. The zero-order valence-electron chi connectivity index (χ0n) is 26.2. The van der Waals surface area contributed by atoms with Crippen molar-refractivity contribution in [3.8, 4) is 28.9 Å². The Balaban J connectivity index is 1.61. The number of nitrogens with one attached hydrogen (secondary N) is 2. The summed E-state index contributed by atoms with van der Waals surface area (Å²) in [5.41, 5.74) is 4.09. The third kappa shape index (κ3) is 8.32. The number of nitriles is 1. The molecule has 2 aliphatic rings. The molecule has 1 aliphatic carbocycles. The van der Waals surface area contributed by atoms with Crippen molar-refractivity contribution in [1.29, 1.82) is 5.26 Å². The first kappa shape index (κ1) is 32.0. The van der Waals surface area contributed by atoms with Crippen molar-refractivity contribution in [2.45, 2.75) is 78.7 Å². The number of hydrogen-bond acceptors (Lipinski definition) is 7. The van der Waals surface area contributed by atoms with Crippen molar-refractivity contribution >= 4 is 25.9 Å². The van der Waals surface area contributed by atoms with Gasteiger partial charge in [-0.2, -0.15) is 5.26 Å². The van der Waals surface area contributed by atoms with Gasteiger partial charge in [0.1, 0.15) is 30.7 Å². The monoisotopic (exact) mass is 604 g/mol. The molecule has 2 heterocycles. The van der Waals surface area contributed by atoms with Crippen molar-refractivity contribution < 1.29 is 18.7 Å². The first-order valence-corrected chi connectivity index (χ1v) is 18.2. The zero-order valence-corrected chi connectivity index (χ0v) is 27.2. The molecule has 1 aromatic carbocycles. The van der Waals surface area contributed by atoms with Gasteiger partial charge < -0.3 is 20.3 Å². The summed E-state index contributed by atoms with van der Waals surface area (Å²) >= 11 is 0. The molecule has 228 valence electrons. The van der Waals surface area contributed by atoms with Crippen LogP contribution in [-0.4, -0.2) is 55.3 Å². The molecule has 11 heteroatoms. The largest absolute Gasteiger partial charge is 0.444 e. The summed E-state index contributed by atoms with van der Waals surface area (Å²) in [5.74, 6) is 3.64. The summed E-state index contributed by atoms with van der Waals surface area (Å²) in [6, 6.07) is 5.38. The average Bonchev–Trinajstić information content (AvgIpc) is 3.59. The Hall–Kier alpha value is -3.96. The Kier molecular flexibility index (Phi) is 9.17. The molecule has 2 amide bonds. The molecule has 9 nitrogen and oxygen atoms in total. The number of benzene rings is 1. The SMILES string of the molecule is Cc1c(F)cc(-c2ncc(CNC(=O)C3(C#N)CC3)c(N3CCC(CNC(=O)OC(C)(C)C)C3)n2)cc1C#C[Si](C)(C)C. The van der Waals surface area contributed by atoms with Crippen molar-refractivity contribution in [1.82, 2.24) is 20.6 Å². The minimum absolute atomic E-state index is 0.155. The number of rotatable bonds is 7. The van der Waals surface area contributed by atoms with Crippen LogP contribution in [-0.2, 0) is 16.1 Å². The van der Waals surface area contributed by atoms with E-state index in [0.29, 0.717) is 66.4 Å². The van der Waals surface area contributed by atoms with Crippen LogP contribution in [0.5, 0.6) is 0 Å². The highest BCUT2D eigenvalue weighted by Gasteiger charge is 2.50. The standard InChI is InChI=1S/C32H41FN6O3Si/c1-21-23(9-13-43(5,6)7)14-24(15-26(21)33)27-35-17-25(18-36-29(40)32(20-34)10-11-32)28(38-27)39-12-8-22(19-39)16-37-30(41)42-31(2,3)4/h14-15,17,22H,8,10-12,16,18-19H2,1-7H3,(H,36,40)(H,37,41). The van der Waals surface area contributed by atoms with Gasteiger partial charge in [0.2, 0.25) is 5.91 Å². The Morgan fingerprint density at radius 2 is 1.95 bits per heavy atom. The molecule has 1 atom stereocenters. The van der Waals surface area contributed by atoms with E-state index in [1.807, 2.05) is 26.8 Å². The molecule has 0 bridgehead atoms. The quantitative estimate of drug-likeness (QED) is 0.334. The lowest BCUT2D eigenvalue weighted by molar-refractivity contribution is -0.124. The second kappa shape index (κ2) is 12.3. The normalized spacial score (nSPS) is 17.4. The zero-order chi connectivity index (χ0) is 31.6. The van der Waals surface area contributed by atoms with Gasteiger partial charge >= 0.3 is 6.09 Å². The van der Waals surface area contributed by atoms with Crippen LogP contribution in [0.25, 0.3) is 11.4 Å². The molecular weight excluding hydrogens is 563 g/mol. The molecular formula is C32H41FN6O3Si. The lowest BCUT2D eigenvalue weighted by Crippen LogP contribution is -2.36. The summed E-state index contributed by atoms with van der Waals surface area (Å²) in [6.45, 7) is 15.5. The highest BCUT2D eigenvalue weighted by molar-refractivity contribution is 6.83. The van der Waals surface area contributed by atoms with Gasteiger partial charge in [0.15, 0.2) is 5.82 Å². The molecule has 1 saturated carbocycles. The van der Waals surface area contributed by atoms with E-state index >= 15 is 4.39 Å². The van der Waals surface area contributed by atoms with Crippen LogP contribution in [0.2, 0.25) is 19.6 Å². The van der Waals surface area contributed by atoms with Crippen LogP contribution >= 0.6 is 0 Å². The maximum absolute atomic E-state index is 15.1. The summed E-state index contributed by atoms with van der Waals surface area (Å²) in [7, 11) is -1.68. The van der Waals surface area contributed by atoms with Crippen LogP contribution < -0.4 is 15.5 Å². The average molecular weight is 605 g/mol. The number of carbonyl (C=O) groups excluding carboxylic acids is 2. The van der Waals surface area contributed by atoms with Gasteiger partial charge in [0, 0.05) is 54.6 Å². The second-order valence-electron chi connectivity index (χ2n) is 13.5. The predicted octanol–water partition coefficient (Wildman–Crippen LogP) is 5.09. The molecule has 4 rings (SSSR count). The van der Waals surface area contributed by atoms with Crippen molar-refractivity contribution in [3.05, 3.63) is 40.8 Å². The number of ether oxygens (including phenoxy) is 1. The molecule has 1 saturated heterocycles. The van der Waals surface area contributed by atoms with E-state index in [2.05, 4.69) is 57.7 Å².